The SMILES string of the molecule is CC.CCN1CCCC1CNC=O.Cc1ccc(Sc2ccc(F)cc2)c(N)c1. The maximum Gasteiger partial charge on any atom is 0.207 e. The van der Waals surface area contributed by atoms with Gasteiger partial charge in [0.1, 0.15) is 5.82 Å². The summed E-state index contributed by atoms with van der Waals surface area (Å²) in [5.41, 5.74) is 7.80. The molecule has 2 aromatic rings. The van der Waals surface area contributed by atoms with Crippen molar-refractivity contribution in [3.8, 4) is 0 Å². The second kappa shape index (κ2) is 14.0. The molecule has 0 aromatic heterocycles. The summed E-state index contributed by atoms with van der Waals surface area (Å²) in [5.74, 6) is -0.221. The molecule has 1 unspecified atom stereocenters. The minimum Gasteiger partial charge on any atom is -0.398 e. The number of nitrogen functional groups attached to an aromatic ring is 1. The first kappa shape index (κ1) is 25.0. The lowest BCUT2D eigenvalue weighted by Crippen LogP contribution is -2.37. The van der Waals surface area contributed by atoms with Crippen LogP contribution >= 0.6 is 11.8 Å². The Morgan fingerprint density at radius 1 is 1.24 bits per heavy atom. The summed E-state index contributed by atoms with van der Waals surface area (Å²) in [6, 6.07) is 12.9. The molecule has 0 spiro atoms. The summed E-state index contributed by atoms with van der Waals surface area (Å²) in [6.07, 6.45) is 3.29. The zero-order valence-corrected chi connectivity index (χ0v) is 18.8. The Hall–Kier alpha value is -2.05. The van der Waals surface area contributed by atoms with E-state index in [1.807, 2.05) is 39.0 Å². The number of hydrogen-bond acceptors (Lipinski definition) is 4. The highest BCUT2D eigenvalue weighted by molar-refractivity contribution is 7.99. The van der Waals surface area contributed by atoms with Crippen molar-refractivity contribution in [3.63, 3.8) is 0 Å². The molecule has 1 heterocycles. The number of aryl methyl sites for hydroxylation is 1. The van der Waals surface area contributed by atoms with E-state index in [4.69, 9.17) is 5.73 Å². The lowest BCUT2D eigenvalue weighted by Gasteiger charge is -2.21. The lowest BCUT2D eigenvalue weighted by molar-refractivity contribution is -0.109. The number of benzene rings is 2. The molecule has 3 N–H and O–H groups in total. The molecule has 1 aliphatic rings. The van der Waals surface area contributed by atoms with Gasteiger partial charge in [-0.25, -0.2) is 4.39 Å². The number of carbonyl (C=O) groups is 1. The Bertz CT molecular complexity index is 725. The van der Waals surface area contributed by atoms with Crippen LogP contribution in [0.5, 0.6) is 0 Å². The third kappa shape index (κ3) is 8.88. The minimum absolute atomic E-state index is 0.221. The number of halogens is 1. The Balaban J connectivity index is 0.000000284. The van der Waals surface area contributed by atoms with Gasteiger partial charge in [0.25, 0.3) is 0 Å². The highest BCUT2D eigenvalue weighted by Gasteiger charge is 2.21. The second-order valence-electron chi connectivity index (χ2n) is 6.55. The van der Waals surface area contributed by atoms with Gasteiger partial charge in [-0.1, -0.05) is 38.6 Å². The average Bonchev–Trinajstić information content (AvgIpc) is 3.19. The minimum atomic E-state index is -0.221. The molecule has 1 fully saturated rings. The van der Waals surface area contributed by atoms with Crippen LogP contribution in [0.15, 0.2) is 52.3 Å². The van der Waals surface area contributed by atoms with Crippen molar-refractivity contribution in [2.45, 2.75) is 56.4 Å². The van der Waals surface area contributed by atoms with E-state index < -0.39 is 0 Å². The molecule has 4 nitrogen and oxygen atoms in total. The average molecular weight is 420 g/mol. The van der Waals surface area contributed by atoms with E-state index in [0.29, 0.717) is 6.04 Å². The van der Waals surface area contributed by atoms with Crippen LogP contribution in [0.1, 0.15) is 39.2 Å². The fourth-order valence-corrected chi connectivity index (χ4v) is 3.96. The van der Waals surface area contributed by atoms with Crippen LogP contribution < -0.4 is 11.1 Å². The first-order valence-electron chi connectivity index (χ1n) is 10.2. The maximum atomic E-state index is 12.7. The normalized spacial score (nSPS) is 15.6. The highest BCUT2D eigenvalue weighted by atomic mass is 32.2. The van der Waals surface area contributed by atoms with Crippen LogP contribution in [-0.2, 0) is 4.79 Å². The van der Waals surface area contributed by atoms with E-state index in [2.05, 4.69) is 17.1 Å². The summed E-state index contributed by atoms with van der Waals surface area (Å²) >= 11 is 1.54. The zero-order chi connectivity index (χ0) is 21.6. The predicted molar refractivity (Wildman–Crippen MR) is 122 cm³/mol. The third-order valence-corrected chi connectivity index (χ3v) is 5.65. The number of nitrogens with two attached hydrogens (primary N) is 1. The number of amides is 1. The molecular formula is C23H34FN3OS. The van der Waals surface area contributed by atoms with Gasteiger partial charge in [0.05, 0.1) is 0 Å². The molecule has 2 aromatic carbocycles. The van der Waals surface area contributed by atoms with Crippen LogP contribution in [0.4, 0.5) is 10.1 Å². The molecule has 3 rings (SSSR count). The molecule has 0 radical (unpaired) electrons. The van der Waals surface area contributed by atoms with E-state index in [0.717, 1.165) is 40.5 Å². The summed E-state index contributed by atoms with van der Waals surface area (Å²) in [6.45, 7) is 11.3. The number of likely N-dealkylation sites (N-methyl/N-ethyl adjacent to an activating group) is 1. The maximum absolute atomic E-state index is 12.7. The van der Waals surface area contributed by atoms with Crippen molar-refractivity contribution in [2.24, 2.45) is 0 Å². The second-order valence-corrected chi connectivity index (χ2v) is 7.66. The Morgan fingerprint density at radius 3 is 2.52 bits per heavy atom. The molecule has 1 amide bonds. The molecule has 29 heavy (non-hydrogen) atoms. The van der Waals surface area contributed by atoms with Crippen molar-refractivity contribution in [2.75, 3.05) is 25.4 Å². The van der Waals surface area contributed by atoms with Crippen molar-refractivity contribution >= 4 is 23.9 Å². The number of rotatable bonds is 6. The number of hydrogen-bond donors (Lipinski definition) is 2. The van der Waals surface area contributed by atoms with E-state index >= 15 is 0 Å². The largest absolute Gasteiger partial charge is 0.398 e. The first-order valence-corrected chi connectivity index (χ1v) is 11.1. The molecule has 1 atom stereocenters. The van der Waals surface area contributed by atoms with E-state index in [9.17, 15) is 9.18 Å². The first-order chi connectivity index (χ1) is 14.0. The van der Waals surface area contributed by atoms with Gasteiger partial charge in [-0.15, -0.1) is 0 Å². The smallest absolute Gasteiger partial charge is 0.207 e. The standard InChI is InChI=1S/C13H12FNS.C8H16N2O.C2H6/c1-9-2-7-13(12(15)8-9)16-11-5-3-10(14)4-6-11;1-2-10-5-3-4-8(10)6-9-7-11;1-2/h2-8H,15H2,1H3;7-8H,2-6H2,1H3,(H,9,11);1-2H3. The van der Waals surface area contributed by atoms with E-state index in [-0.39, 0.29) is 5.82 Å². The van der Waals surface area contributed by atoms with Gasteiger partial charge >= 0.3 is 0 Å². The van der Waals surface area contributed by atoms with E-state index in [1.165, 1.54) is 43.3 Å². The van der Waals surface area contributed by atoms with Crippen molar-refractivity contribution in [3.05, 3.63) is 53.8 Å². The fourth-order valence-electron chi connectivity index (χ4n) is 3.12. The van der Waals surface area contributed by atoms with Gasteiger partial charge in [0.2, 0.25) is 6.41 Å². The molecule has 0 aliphatic carbocycles. The lowest BCUT2D eigenvalue weighted by atomic mass is 10.2. The summed E-state index contributed by atoms with van der Waals surface area (Å²) in [7, 11) is 0. The molecular weight excluding hydrogens is 385 g/mol. The zero-order valence-electron chi connectivity index (χ0n) is 18.0. The molecule has 1 aliphatic heterocycles. The number of nitrogens with one attached hydrogen (secondary N) is 1. The van der Waals surface area contributed by atoms with Gasteiger partial charge in [0, 0.05) is 28.1 Å². The third-order valence-electron chi connectivity index (χ3n) is 4.55. The van der Waals surface area contributed by atoms with Crippen LogP contribution in [0.2, 0.25) is 0 Å². The predicted octanol–water partition coefficient (Wildman–Crippen LogP) is 5.11. The Labute approximate surface area is 179 Å². The van der Waals surface area contributed by atoms with Gasteiger partial charge < -0.3 is 11.1 Å². The monoisotopic (exact) mass is 419 g/mol. The van der Waals surface area contributed by atoms with Crippen LogP contribution in [0.3, 0.4) is 0 Å². The topological polar surface area (TPSA) is 58.4 Å². The fraction of sp³-hybridized carbons (Fsp3) is 0.435. The Morgan fingerprint density at radius 2 is 1.93 bits per heavy atom. The molecule has 1 saturated heterocycles. The number of carbonyl (C=O) groups excluding carboxylic acids is 1. The molecule has 0 saturated carbocycles. The molecule has 0 bridgehead atoms. The van der Waals surface area contributed by atoms with Gasteiger partial charge in [-0.05, 0) is 74.8 Å². The molecule has 6 heteroatoms. The number of anilines is 1. The summed E-state index contributed by atoms with van der Waals surface area (Å²) in [4.78, 5) is 14.4. The Kier molecular flexibility index (Phi) is 12.1. The van der Waals surface area contributed by atoms with E-state index in [1.54, 1.807) is 12.1 Å². The summed E-state index contributed by atoms with van der Waals surface area (Å²) < 4.78 is 12.7. The molecule has 160 valence electrons. The van der Waals surface area contributed by atoms with Gasteiger partial charge in [-0.3, -0.25) is 9.69 Å². The number of likely N-dealkylation sites (tertiary alicyclic amines) is 1. The van der Waals surface area contributed by atoms with Crippen LogP contribution in [0, 0.1) is 12.7 Å². The quantitative estimate of drug-likeness (QED) is 0.505. The van der Waals surface area contributed by atoms with Crippen LogP contribution in [0.25, 0.3) is 0 Å². The number of nitrogens with zero attached hydrogens (tertiary/aromatic N) is 1. The highest BCUT2D eigenvalue weighted by Crippen LogP contribution is 2.32. The van der Waals surface area contributed by atoms with Crippen molar-refractivity contribution < 1.29 is 9.18 Å². The summed E-state index contributed by atoms with van der Waals surface area (Å²) in [5, 5.41) is 2.73. The van der Waals surface area contributed by atoms with Gasteiger partial charge in [-0.2, -0.15) is 0 Å². The van der Waals surface area contributed by atoms with Crippen LogP contribution in [-0.4, -0.2) is 37.0 Å². The van der Waals surface area contributed by atoms with Crippen molar-refractivity contribution in [1.82, 2.24) is 10.2 Å². The van der Waals surface area contributed by atoms with Gasteiger partial charge in [0.15, 0.2) is 0 Å². The van der Waals surface area contributed by atoms with Crippen molar-refractivity contribution in [1.29, 1.82) is 0 Å².